The van der Waals surface area contributed by atoms with Crippen molar-refractivity contribution in [1.82, 2.24) is 15.3 Å². The molecule has 0 saturated carbocycles. The zero-order valence-electron chi connectivity index (χ0n) is 14.0. The molecule has 0 bridgehead atoms. The van der Waals surface area contributed by atoms with Crippen molar-refractivity contribution >= 4 is 16.9 Å². The van der Waals surface area contributed by atoms with Gasteiger partial charge in [0.1, 0.15) is 11.3 Å². The number of ether oxygens (including phenoxy) is 1. The van der Waals surface area contributed by atoms with Crippen LogP contribution in [0.25, 0.3) is 11.0 Å². The second-order valence-corrected chi connectivity index (χ2v) is 7.20. The highest BCUT2D eigenvalue weighted by molar-refractivity contribution is 6.04. The monoisotopic (exact) mass is 328 g/mol. The second kappa shape index (κ2) is 5.86. The van der Waals surface area contributed by atoms with Crippen LogP contribution in [0.2, 0.25) is 0 Å². The smallest absolute Gasteiger partial charge is 0.250 e. The van der Waals surface area contributed by atoms with Crippen LogP contribution < -0.4 is 11.1 Å². The van der Waals surface area contributed by atoms with Crippen molar-refractivity contribution in [2.24, 2.45) is 11.7 Å². The number of para-hydroxylation sites is 1. The maximum absolute atomic E-state index is 11.7. The van der Waals surface area contributed by atoms with Gasteiger partial charge < -0.3 is 20.8 Å². The summed E-state index contributed by atoms with van der Waals surface area (Å²) in [7, 11) is 0. The van der Waals surface area contributed by atoms with E-state index in [9.17, 15) is 4.79 Å². The van der Waals surface area contributed by atoms with Crippen molar-refractivity contribution in [1.29, 1.82) is 0 Å². The summed E-state index contributed by atoms with van der Waals surface area (Å²) >= 11 is 0. The second-order valence-electron chi connectivity index (χ2n) is 7.20. The van der Waals surface area contributed by atoms with Gasteiger partial charge in [0, 0.05) is 24.7 Å². The van der Waals surface area contributed by atoms with Crippen LogP contribution in [0.5, 0.6) is 0 Å². The van der Waals surface area contributed by atoms with Gasteiger partial charge in [-0.2, -0.15) is 0 Å². The standard InChI is InChI=1S/C18H24N4O2/c1-18(7-8-20-15(18)11-5-9-24-10-6-11)17-21-13-4-2-3-12(16(19)23)14(13)22-17/h2-4,11,15,20H,5-10H2,1H3,(H2,19,23)(H,21,22). The topological polar surface area (TPSA) is 93.0 Å². The first-order chi connectivity index (χ1) is 11.6. The number of fused-ring (bicyclic) bond motifs is 1. The number of amides is 1. The Morgan fingerprint density at radius 1 is 1.38 bits per heavy atom. The Hall–Kier alpha value is -1.92. The fraction of sp³-hybridized carbons (Fsp3) is 0.556. The van der Waals surface area contributed by atoms with E-state index in [1.54, 1.807) is 6.07 Å². The third kappa shape index (κ3) is 2.41. The van der Waals surface area contributed by atoms with Gasteiger partial charge in [-0.25, -0.2) is 4.98 Å². The highest BCUT2D eigenvalue weighted by Gasteiger charge is 2.46. The van der Waals surface area contributed by atoms with E-state index in [4.69, 9.17) is 15.5 Å². The maximum Gasteiger partial charge on any atom is 0.250 e. The van der Waals surface area contributed by atoms with Crippen molar-refractivity contribution in [3.05, 3.63) is 29.6 Å². The molecule has 6 nitrogen and oxygen atoms in total. The minimum absolute atomic E-state index is 0.0735. The van der Waals surface area contributed by atoms with Gasteiger partial charge in [0.2, 0.25) is 0 Å². The number of nitrogens with zero attached hydrogens (tertiary/aromatic N) is 1. The number of H-pyrrole nitrogens is 1. The molecule has 2 fully saturated rings. The fourth-order valence-corrected chi connectivity index (χ4v) is 4.37. The molecule has 2 aliphatic rings. The van der Waals surface area contributed by atoms with Crippen molar-refractivity contribution in [2.45, 2.75) is 37.6 Å². The number of primary amides is 1. The lowest BCUT2D eigenvalue weighted by molar-refractivity contribution is 0.0476. The van der Waals surface area contributed by atoms with Crippen LogP contribution in [0, 0.1) is 5.92 Å². The van der Waals surface area contributed by atoms with E-state index in [1.165, 1.54) is 0 Å². The molecule has 1 aromatic carbocycles. The molecule has 0 spiro atoms. The number of benzene rings is 1. The summed E-state index contributed by atoms with van der Waals surface area (Å²) < 4.78 is 5.52. The first-order valence-electron chi connectivity index (χ1n) is 8.70. The molecule has 1 amide bonds. The Labute approximate surface area is 141 Å². The maximum atomic E-state index is 11.7. The molecule has 0 radical (unpaired) electrons. The fourth-order valence-electron chi connectivity index (χ4n) is 4.37. The van der Waals surface area contributed by atoms with Gasteiger partial charge in [0.25, 0.3) is 5.91 Å². The van der Waals surface area contributed by atoms with E-state index < -0.39 is 5.91 Å². The van der Waals surface area contributed by atoms with Crippen LogP contribution in [0.15, 0.2) is 18.2 Å². The van der Waals surface area contributed by atoms with Crippen molar-refractivity contribution < 1.29 is 9.53 Å². The van der Waals surface area contributed by atoms with Gasteiger partial charge in [-0.05, 0) is 43.9 Å². The van der Waals surface area contributed by atoms with E-state index in [2.05, 4.69) is 17.2 Å². The van der Waals surface area contributed by atoms with Gasteiger partial charge in [-0.15, -0.1) is 0 Å². The van der Waals surface area contributed by atoms with Crippen LogP contribution >= 0.6 is 0 Å². The summed E-state index contributed by atoms with van der Waals surface area (Å²) in [5.74, 6) is 1.11. The first kappa shape index (κ1) is 15.6. The zero-order valence-corrected chi connectivity index (χ0v) is 14.0. The van der Waals surface area contributed by atoms with Crippen LogP contribution in [0.4, 0.5) is 0 Å². The molecule has 4 N–H and O–H groups in total. The summed E-state index contributed by atoms with van der Waals surface area (Å²) in [6.45, 7) is 4.93. The molecular formula is C18H24N4O2. The van der Waals surface area contributed by atoms with Crippen molar-refractivity contribution in [3.8, 4) is 0 Å². The summed E-state index contributed by atoms with van der Waals surface area (Å²) in [6.07, 6.45) is 3.20. The Balaban J connectivity index is 1.74. The normalized spacial score (nSPS) is 28.5. The molecule has 6 heteroatoms. The SMILES string of the molecule is CC1(c2nc3c(C(N)=O)cccc3[nH]2)CCNC1C1CCOCC1. The lowest BCUT2D eigenvalue weighted by Crippen LogP contribution is -2.46. The lowest BCUT2D eigenvalue weighted by atomic mass is 9.73. The number of nitrogens with one attached hydrogen (secondary N) is 2. The highest BCUT2D eigenvalue weighted by Crippen LogP contribution is 2.40. The van der Waals surface area contributed by atoms with E-state index >= 15 is 0 Å². The highest BCUT2D eigenvalue weighted by atomic mass is 16.5. The number of carbonyl (C=O) groups excluding carboxylic acids is 1. The number of aromatic nitrogens is 2. The van der Waals surface area contributed by atoms with E-state index in [0.29, 0.717) is 23.0 Å². The molecule has 2 saturated heterocycles. The third-order valence-electron chi connectivity index (χ3n) is 5.75. The summed E-state index contributed by atoms with van der Waals surface area (Å²) in [5.41, 5.74) is 7.46. The predicted octanol–water partition coefficient (Wildman–Crippen LogP) is 1.71. The molecule has 24 heavy (non-hydrogen) atoms. The van der Waals surface area contributed by atoms with Crippen molar-refractivity contribution in [3.63, 3.8) is 0 Å². The van der Waals surface area contributed by atoms with E-state index in [-0.39, 0.29) is 5.41 Å². The quantitative estimate of drug-likeness (QED) is 0.799. The van der Waals surface area contributed by atoms with Crippen LogP contribution in [-0.2, 0) is 10.2 Å². The molecule has 2 atom stereocenters. The average Bonchev–Trinajstić information content (AvgIpc) is 3.19. The number of hydrogen-bond acceptors (Lipinski definition) is 4. The molecule has 2 aromatic rings. The number of nitrogens with two attached hydrogens (primary N) is 1. The van der Waals surface area contributed by atoms with Crippen LogP contribution in [-0.4, -0.2) is 41.7 Å². The molecule has 1 aromatic heterocycles. The van der Waals surface area contributed by atoms with Gasteiger partial charge >= 0.3 is 0 Å². The first-order valence-corrected chi connectivity index (χ1v) is 8.70. The number of hydrogen-bond donors (Lipinski definition) is 3. The summed E-state index contributed by atoms with van der Waals surface area (Å²) in [6, 6.07) is 5.91. The van der Waals surface area contributed by atoms with Crippen molar-refractivity contribution in [2.75, 3.05) is 19.8 Å². The molecule has 3 heterocycles. The minimum Gasteiger partial charge on any atom is -0.381 e. The summed E-state index contributed by atoms with van der Waals surface area (Å²) in [5, 5.41) is 3.69. The molecule has 4 rings (SSSR count). The largest absolute Gasteiger partial charge is 0.381 e. The number of carbonyl (C=O) groups is 1. The van der Waals surface area contributed by atoms with Crippen LogP contribution in [0.3, 0.4) is 0 Å². The Morgan fingerprint density at radius 3 is 2.92 bits per heavy atom. The molecule has 2 aliphatic heterocycles. The van der Waals surface area contributed by atoms with Crippen LogP contribution in [0.1, 0.15) is 42.4 Å². The zero-order chi connectivity index (χ0) is 16.7. The van der Waals surface area contributed by atoms with Gasteiger partial charge in [-0.3, -0.25) is 4.79 Å². The predicted molar refractivity (Wildman–Crippen MR) is 91.9 cm³/mol. The number of aromatic amines is 1. The van der Waals surface area contributed by atoms with E-state index in [0.717, 1.165) is 50.4 Å². The molecule has 2 unspecified atom stereocenters. The van der Waals surface area contributed by atoms with Gasteiger partial charge in [0.05, 0.1) is 11.1 Å². The number of imidazole rings is 1. The average molecular weight is 328 g/mol. The minimum atomic E-state index is -0.436. The third-order valence-corrected chi connectivity index (χ3v) is 5.75. The molecule has 128 valence electrons. The Kier molecular flexibility index (Phi) is 3.81. The van der Waals surface area contributed by atoms with E-state index in [1.807, 2.05) is 12.1 Å². The van der Waals surface area contributed by atoms with Gasteiger partial charge in [-0.1, -0.05) is 13.0 Å². The lowest BCUT2D eigenvalue weighted by Gasteiger charge is -2.37. The summed E-state index contributed by atoms with van der Waals surface area (Å²) in [4.78, 5) is 19.9. The van der Waals surface area contributed by atoms with Gasteiger partial charge in [0.15, 0.2) is 0 Å². The Bertz CT molecular complexity index is 765. The number of rotatable bonds is 3. The Morgan fingerprint density at radius 2 is 2.17 bits per heavy atom. The molecule has 0 aliphatic carbocycles. The molecular weight excluding hydrogens is 304 g/mol.